The molecule has 2 N–H and O–H groups in total. The lowest BCUT2D eigenvalue weighted by atomic mass is 10.3. The molecule has 0 atom stereocenters. The third-order valence-electron chi connectivity index (χ3n) is 2.77. The Hall–Kier alpha value is -2.02. The molecule has 2 aromatic rings. The molecule has 0 aliphatic carbocycles. The van der Waals surface area contributed by atoms with Crippen LogP contribution in [-0.4, -0.2) is 39.2 Å². The maximum atomic E-state index is 12.1. The summed E-state index contributed by atoms with van der Waals surface area (Å²) in [4.78, 5) is 26.8. The number of carboxylic acid groups (broad SMARTS) is 1. The first-order valence-electron chi connectivity index (χ1n) is 6.14. The van der Waals surface area contributed by atoms with Crippen LogP contribution in [0, 0.1) is 0 Å². The van der Waals surface area contributed by atoms with Crippen LogP contribution in [-0.2, 0) is 4.79 Å². The van der Waals surface area contributed by atoms with Gasteiger partial charge in [0, 0.05) is 19.2 Å². The highest BCUT2D eigenvalue weighted by Gasteiger charge is 2.16. The molecule has 2 rings (SSSR count). The number of pyridine rings is 1. The fourth-order valence-corrected chi connectivity index (χ4v) is 2.38. The van der Waals surface area contributed by atoms with Crippen LogP contribution >= 0.6 is 11.8 Å². The van der Waals surface area contributed by atoms with Crippen molar-refractivity contribution >= 4 is 29.2 Å². The topological polar surface area (TPSA) is 83.7 Å². The van der Waals surface area contributed by atoms with Crippen LogP contribution in [0.1, 0.15) is 23.3 Å². The van der Waals surface area contributed by atoms with E-state index in [1.807, 2.05) is 35.1 Å². The van der Waals surface area contributed by atoms with Crippen molar-refractivity contribution in [3.05, 3.63) is 30.1 Å². The standard InChI is InChI=1S/C13H15N3O3S/c1-20-13-15-11(9-5-2-3-8-16(9)13)12(19)14-7-4-6-10(17)18/h2-3,5,8H,4,6-7H2,1H3,(H,14,19)(H,17,18). The average Bonchev–Trinajstić information content (AvgIpc) is 2.82. The zero-order chi connectivity index (χ0) is 14.5. The van der Waals surface area contributed by atoms with Gasteiger partial charge in [0.05, 0.1) is 5.52 Å². The van der Waals surface area contributed by atoms with Gasteiger partial charge in [0.2, 0.25) is 0 Å². The van der Waals surface area contributed by atoms with Crippen molar-refractivity contribution in [3.63, 3.8) is 0 Å². The lowest BCUT2D eigenvalue weighted by molar-refractivity contribution is -0.137. The highest BCUT2D eigenvalue weighted by atomic mass is 32.2. The SMILES string of the molecule is CSc1nc(C(=O)NCCCC(=O)O)c2ccccn12. The molecular weight excluding hydrogens is 278 g/mol. The maximum absolute atomic E-state index is 12.1. The van der Waals surface area contributed by atoms with Gasteiger partial charge in [0.1, 0.15) is 0 Å². The molecular formula is C13H15N3O3S. The molecule has 0 saturated carbocycles. The fraction of sp³-hybridized carbons (Fsp3) is 0.308. The Morgan fingerprint density at radius 2 is 2.25 bits per heavy atom. The smallest absolute Gasteiger partial charge is 0.303 e. The molecule has 0 radical (unpaired) electrons. The van der Waals surface area contributed by atoms with Gasteiger partial charge in [-0.15, -0.1) is 0 Å². The second-order valence-electron chi connectivity index (χ2n) is 4.16. The van der Waals surface area contributed by atoms with Crippen LogP contribution < -0.4 is 5.32 Å². The van der Waals surface area contributed by atoms with Crippen molar-refractivity contribution in [1.82, 2.24) is 14.7 Å². The summed E-state index contributed by atoms with van der Waals surface area (Å²) < 4.78 is 1.86. The molecule has 0 aromatic carbocycles. The monoisotopic (exact) mass is 293 g/mol. The van der Waals surface area contributed by atoms with Crippen LogP contribution in [0.3, 0.4) is 0 Å². The first kappa shape index (κ1) is 14.4. The van der Waals surface area contributed by atoms with E-state index in [1.165, 1.54) is 11.8 Å². The van der Waals surface area contributed by atoms with Crippen LogP contribution in [0.15, 0.2) is 29.6 Å². The zero-order valence-corrected chi connectivity index (χ0v) is 11.8. The number of aliphatic carboxylic acids is 1. The molecule has 1 amide bonds. The Kier molecular flexibility index (Phi) is 4.62. The lowest BCUT2D eigenvalue weighted by Gasteiger charge is -2.02. The van der Waals surface area contributed by atoms with Gasteiger partial charge >= 0.3 is 5.97 Å². The van der Waals surface area contributed by atoms with Crippen molar-refractivity contribution in [2.24, 2.45) is 0 Å². The number of carboxylic acids is 1. The molecule has 6 nitrogen and oxygen atoms in total. The molecule has 0 aliphatic heterocycles. The second-order valence-corrected chi connectivity index (χ2v) is 4.93. The molecule has 20 heavy (non-hydrogen) atoms. The van der Waals surface area contributed by atoms with Gasteiger partial charge in [-0.1, -0.05) is 17.8 Å². The minimum atomic E-state index is -0.864. The molecule has 0 spiro atoms. The van der Waals surface area contributed by atoms with Crippen molar-refractivity contribution in [1.29, 1.82) is 0 Å². The number of carbonyl (C=O) groups is 2. The van der Waals surface area contributed by atoms with Gasteiger partial charge in [0.15, 0.2) is 10.9 Å². The Morgan fingerprint density at radius 1 is 1.45 bits per heavy atom. The van der Waals surface area contributed by atoms with E-state index in [2.05, 4.69) is 10.3 Å². The van der Waals surface area contributed by atoms with Crippen LogP contribution in [0.2, 0.25) is 0 Å². The number of nitrogens with zero attached hydrogens (tertiary/aromatic N) is 2. The molecule has 2 aromatic heterocycles. The number of aromatic nitrogens is 2. The summed E-state index contributed by atoms with van der Waals surface area (Å²) in [5.74, 6) is -1.14. The number of fused-ring (bicyclic) bond motifs is 1. The third-order valence-corrected chi connectivity index (χ3v) is 3.42. The molecule has 0 bridgehead atoms. The molecule has 0 unspecified atom stereocenters. The van der Waals surface area contributed by atoms with Crippen molar-refractivity contribution < 1.29 is 14.7 Å². The summed E-state index contributed by atoms with van der Waals surface area (Å²) in [6, 6.07) is 5.56. The number of imidazole rings is 1. The van der Waals surface area contributed by atoms with Crippen molar-refractivity contribution in [2.75, 3.05) is 12.8 Å². The van der Waals surface area contributed by atoms with Gasteiger partial charge in [-0.05, 0) is 24.8 Å². The Balaban J connectivity index is 2.12. The van der Waals surface area contributed by atoms with Crippen molar-refractivity contribution in [2.45, 2.75) is 18.0 Å². The van der Waals surface area contributed by atoms with E-state index in [0.717, 1.165) is 10.7 Å². The normalized spacial score (nSPS) is 10.7. The number of rotatable bonds is 6. The molecule has 0 fully saturated rings. The van der Waals surface area contributed by atoms with E-state index in [4.69, 9.17) is 5.11 Å². The summed E-state index contributed by atoms with van der Waals surface area (Å²) in [5, 5.41) is 12.0. The summed E-state index contributed by atoms with van der Waals surface area (Å²) in [6.45, 7) is 0.325. The van der Waals surface area contributed by atoms with E-state index in [0.29, 0.717) is 18.7 Å². The first-order valence-corrected chi connectivity index (χ1v) is 7.37. The van der Waals surface area contributed by atoms with Gasteiger partial charge in [-0.3, -0.25) is 14.0 Å². The molecule has 0 aliphatic rings. The van der Waals surface area contributed by atoms with Crippen LogP contribution in [0.5, 0.6) is 0 Å². The van der Waals surface area contributed by atoms with Gasteiger partial charge in [-0.25, -0.2) is 4.98 Å². The summed E-state index contributed by atoms with van der Waals surface area (Å²) in [5.41, 5.74) is 1.11. The number of hydrogen-bond acceptors (Lipinski definition) is 4. The van der Waals surface area contributed by atoms with E-state index >= 15 is 0 Å². The first-order chi connectivity index (χ1) is 9.63. The highest BCUT2D eigenvalue weighted by molar-refractivity contribution is 7.98. The largest absolute Gasteiger partial charge is 0.481 e. The Bertz CT molecular complexity index is 639. The molecule has 2 heterocycles. The predicted molar refractivity (Wildman–Crippen MR) is 76.2 cm³/mol. The minimum absolute atomic E-state index is 0.0419. The molecule has 0 saturated heterocycles. The number of nitrogens with one attached hydrogen (secondary N) is 1. The minimum Gasteiger partial charge on any atom is -0.481 e. The van der Waals surface area contributed by atoms with E-state index in [9.17, 15) is 9.59 Å². The number of amides is 1. The third kappa shape index (κ3) is 3.11. The van der Waals surface area contributed by atoms with E-state index in [-0.39, 0.29) is 12.3 Å². The summed E-state index contributed by atoms with van der Waals surface area (Å²) in [7, 11) is 0. The van der Waals surface area contributed by atoms with Gasteiger partial charge in [0.25, 0.3) is 5.91 Å². The van der Waals surface area contributed by atoms with E-state index < -0.39 is 5.97 Å². The zero-order valence-electron chi connectivity index (χ0n) is 11.0. The lowest BCUT2D eigenvalue weighted by Crippen LogP contribution is -2.25. The quantitative estimate of drug-likeness (QED) is 0.625. The molecule has 7 heteroatoms. The summed E-state index contributed by atoms with van der Waals surface area (Å²) >= 11 is 1.46. The van der Waals surface area contributed by atoms with Gasteiger partial charge < -0.3 is 10.4 Å². The fourth-order valence-electron chi connectivity index (χ4n) is 1.85. The number of hydrogen-bond donors (Lipinski definition) is 2. The number of thioether (sulfide) groups is 1. The predicted octanol–water partition coefficient (Wildman–Crippen LogP) is 1.65. The van der Waals surface area contributed by atoms with Crippen molar-refractivity contribution in [3.8, 4) is 0 Å². The van der Waals surface area contributed by atoms with Crippen LogP contribution in [0.4, 0.5) is 0 Å². The van der Waals surface area contributed by atoms with Crippen LogP contribution in [0.25, 0.3) is 5.52 Å². The Labute approximate surface area is 120 Å². The summed E-state index contributed by atoms with van der Waals surface area (Å²) in [6.07, 6.45) is 4.20. The van der Waals surface area contributed by atoms with Gasteiger partial charge in [-0.2, -0.15) is 0 Å². The molecule has 106 valence electrons. The number of carbonyl (C=O) groups excluding carboxylic acids is 1. The second kappa shape index (κ2) is 6.42. The average molecular weight is 293 g/mol. The maximum Gasteiger partial charge on any atom is 0.303 e. The highest BCUT2D eigenvalue weighted by Crippen LogP contribution is 2.19. The van der Waals surface area contributed by atoms with E-state index in [1.54, 1.807) is 0 Å². The Morgan fingerprint density at radius 3 is 2.95 bits per heavy atom.